The lowest BCUT2D eigenvalue weighted by molar-refractivity contribution is -0.137. The average molecular weight is 273 g/mol. The first kappa shape index (κ1) is 14.0. The Labute approximate surface area is 110 Å². The van der Waals surface area contributed by atoms with Gasteiger partial charge in [-0.1, -0.05) is 0 Å². The third-order valence-electron chi connectivity index (χ3n) is 3.39. The number of rotatable bonds is 1. The van der Waals surface area contributed by atoms with Crippen LogP contribution in [0.25, 0.3) is 0 Å². The van der Waals surface area contributed by atoms with Gasteiger partial charge in [0, 0.05) is 31.0 Å². The van der Waals surface area contributed by atoms with E-state index in [4.69, 9.17) is 5.73 Å². The Morgan fingerprint density at radius 1 is 1.11 bits per heavy atom. The van der Waals surface area contributed by atoms with Gasteiger partial charge in [-0.3, -0.25) is 0 Å². The van der Waals surface area contributed by atoms with E-state index in [1.54, 1.807) is 4.90 Å². The lowest BCUT2D eigenvalue weighted by atomic mass is 10.1. The van der Waals surface area contributed by atoms with Crippen LogP contribution in [0.3, 0.4) is 0 Å². The highest BCUT2D eigenvalue weighted by Gasteiger charge is 2.35. The molecule has 0 atom stereocenters. The molecule has 0 bridgehead atoms. The van der Waals surface area contributed by atoms with Gasteiger partial charge in [-0.25, -0.2) is 0 Å². The highest BCUT2D eigenvalue weighted by atomic mass is 19.4. The second kappa shape index (κ2) is 5.28. The molecule has 19 heavy (non-hydrogen) atoms. The molecule has 6 heteroatoms. The third-order valence-corrected chi connectivity index (χ3v) is 3.39. The van der Waals surface area contributed by atoms with Crippen molar-refractivity contribution in [1.29, 1.82) is 0 Å². The molecule has 2 N–H and O–H groups in total. The Morgan fingerprint density at radius 3 is 2.53 bits per heavy atom. The maximum Gasteiger partial charge on any atom is 0.418 e. The van der Waals surface area contributed by atoms with Crippen molar-refractivity contribution in [3.63, 3.8) is 0 Å². The van der Waals surface area contributed by atoms with E-state index in [0.29, 0.717) is 13.1 Å². The zero-order valence-electron chi connectivity index (χ0n) is 10.9. The Kier molecular flexibility index (Phi) is 3.89. The van der Waals surface area contributed by atoms with Gasteiger partial charge in [0.25, 0.3) is 0 Å². The second-order valence-corrected chi connectivity index (χ2v) is 4.92. The van der Waals surface area contributed by atoms with Crippen molar-refractivity contribution in [2.45, 2.75) is 12.6 Å². The molecule has 2 rings (SSSR count). The van der Waals surface area contributed by atoms with Gasteiger partial charge in [-0.2, -0.15) is 13.2 Å². The molecule has 0 aliphatic carbocycles. The van der Waals surface area contributed by atoms with Gasteiger partial charge in [0.05, 0.1) is 5.56 Å². The zero-order valence-corrected chi connectivity index (χ0v) is 10.9. The third kappa shape index (κ3) is 3.32. The first-order valence-electron chi connectivity index (χ1n) is 6.28. The molecule has 1 aliphatic rings. The minimum absolute atomic E-state index is 0.142. The number of nitrogens with two attached hydrogens (primary N) is 1. The van der Waals surface area contributed by atoms with Crippen LogP contribution in [0, 0.1) is 0 Å². The number of halogens is 3. The van der Waals surface area contributed by atoms with E-state index in [9.17, 15) is 13.2 Å². The second-order valence-electron chi connectivity index (χ2n) is 4.92. The summed E-state index contributed by atoms with van der Waals surface area (Å²) < 4.78 is 39.2. The van der Waals surface area contributed by atoms with Crippen LogP contribution in [-0.2, 0) is 6.18 Å². The van der Waals surface area contributed by atoms with Crippen LogP contribution in [0.4, 0.5) is 24.5 Å². The van der Waals surface area contributed by atoms with Gasteiger partial charge < -0.3 is 15.5 Å². The standard InChI is InChI=1S/C13H18F3N3/c1-18-5-2-6-19(8-7-18)12-4-3-10(17)9-11(12)13(14,15)16/h3-4,9H,2,5-8,17H2,1H3. The highest BCUT2D eigenvalue weighted by molar-refractivity contribution is 5.61. The summed E-state index contributed by atoms with van der Waals surface area (Å²) in [7, 11) is 1.98. The summed E-state index contributed by atoms with van der Waals surface area (Å²) in [6.45, 7) is 2.91. The average Bonchev–Trinajstić information content (AvgIpc) is 2.53. The van der Waals surface area contributed by atoms with Crippen LogP contribution in [-0.4, -0.2) is 38.1 Å². The molecule has 1 fully saturated rings. The summed E-state index contributed by atoms with van der Waals surface area (Å²) in [4.78, 5) is 3.93. The quantitative estimate of drug-likeness (QED) is 0.798. The van der Waals surface area contributed by atoms with Crippen LogP contribution in [0.15, 0.2) is 18.2 Å². The lowest BCUT2D eigenvalue weighted by Crippen LogP contribution is -2.30. The molecule has 0 amide bonds. The van der Waals surface area contributed by atoms with Gasteiger partial charge in [-0.15, -0.1) is 0 Å². The fraction of sp³-hybridized carbons (Fsp3) is 0.538. The van der Waals surface area contributed by atoms with Crippen molar-refractivity contribution in [3.8, 4) is 0 Å². The maximum atomic E-state index is 13.1. The molecule has 0 spiro atoms. The van der Waals surface area contributed by atoms with Gasteiger partial charge in [0.1, 0.15) is 0 Å². The lowest BCUT2D eigenvalue weighted by Gasteiger charge is -2.26. The van der Waals surface area contributed by atoms with E-state index >= 15 is 0 Å². The van der Waals surface area contributed by atoms with Crippen LogP contribution >= 0.6 is 0 Å². The van der Waals surface area contributed by atoms with E-state index in [-0.39, 0.29) is 11.4 Å². The van der Waals surface area contributed by atoms with E-state index in [1.165, 1.54) is 12.1 Å². The van der Waals surface area contributed by atoms with Crippen molar-refractivity contribution in [2.75, 3.05) is 43.9 Å². The molecular weight excluding hydrogens is 255 g/mol. The number of hydrogen-bond acceptors (Lipinski definition) is 3. The predicted molar refractivity (Wildman–Crippen MR) is 70.2 cm³/mol. The summed E-state index contributed by atoms with van der Waals surface area (Å²) in [5.41, 5.74) is 5.21. The van der Waals surface area contributed by atoms with Crippen LogP contribution in [0.5, 0.6) is 0 Å². The number of nitrogens with zero attached hydrogens (tertiary/aromatic N) is 2. The fourth-order valence-electron chi connectivity index (χ4n) is 2.34. The number of hydrogen-bond donors (Lipinski definition) is 1. The molecule has 0 radical (unpaired) electrons. The number of nitrogen functional groups attached to an aromatic ring is 1. The Hall–Kier alpha value is -1.43. The largest absolute Gasteiger partial charge is 0.418 e. The predicted octanol–water partition coefficient (Wildman–Crippen LogP) is 2.43. The minimum Gasteiger partial charge on any atom is -0.399 e. The Bertz CT molecular complexity index is 445. The summed E-state index contributed by atoms with van der Waals surface area (Å²) in [6.07, 6.45) is -3.51. The molecule has 1 aromatic rings. The molecule has 106 valence electrons. The highest BCUT2D eigenvalue weighted by Crippen LogP contribution is 2.38. The molecule has 0 unspecified atom stereocenters. The molecule has 3 nitrogen and oxygen atoms in total. The molecule has 1 aromatic carbocycles. The zero-order chi connectivity index (χ0) is 14.0. The number of anilines is 2. The molecule has 1 saturated heterocycles. The van der Waals surface area contributed by atoms with E-state index in [1.807, 2.05) is 7.05 Å². The number of likely N-dealkylation sites (N-methyl/N-ethyl adjacent to an activating group) is 1. The Balaban J connectivity index is 2.33. The fourth-order valence-corrected chi connectivity index (χ4v) is 2.34. The van der Waals surface area contributed by atoms with Crippen molar-refractivity contribution >= 4 is 11.4 Å². The summed E-state index contributed by atoms with van der Waals surface area (Å²) in [5, 5.41) is 0. The molecule has 1 heterocycles. The van der Waals surface area contributed by atoms with Gasteiger partial charge in [0.15, 0.2) is 0 Å². The smallest absolute Gasteiger partial charge is 0.399 e. The van der Waals surface area contributed by atoms with Crippen molar-refractivity contribution in [3.05, 3.63) is 23.8 Å². The molecular formula is C13H18F3N3. The van der Waals surface area contributed by atoms with E-state index < -0.39 is 11.7 Å². The monoisotopic (exact) mass is 273 g/mol. The number of benzene rings is 1. The van der Waals surface area contributed by atoms with Crippen LogP contribution in [0.2, 0.25) is 0 Å². The maximum absolute atomic E-state index is 13.1. The normalized spacial score (nSPS) is 18.4. The van der Waals surface area contributed by atoms with E-state index in [0.717, 1.165) is 25.6 Å². The summed E-state index contributed by atoms with van der Waals surface area (Å²) >= 11 is 0. The van der Waals surface area contributed by atoms with Crippen molar-refractivity contribution in [2.24, 2.45) is 0 Å². The van der Waals surface area contributed by atoms with E-state index in [2.05, 4.69) is 4.90 Å². The van der Waals surface area contributed by atoms with Crippen LogP contribution < -0.4 is 10.6 Å². The minimum atomic E-state index is -4.37. The summed E-state index contributed by atoms with van der Waals surface area (Å²) in [6, 6.07) is 4.02. The van der Waals surface area contributed by atoms with Crippen molar-refractivity contribution in [1.82, 2.24) is 4.90 Å². The molecule has 0 saturated carbocycles. The van der Waals surface area contributed by atoms with Gasteiger partial charge >= 0.3 is 6.18 Å². The molecule has 1 aliphatic heterocycles. The first-order chi connectivity index (χ1) is 8.88. The number of alkyl halides is 3. The molecule has 0 aromatic heterocycles. The first-order valence-corrected chi connectivity index (χ1v) is 6.28. The van der Waals surface area contributed by atoms with Crippen LogP contribution in [0.1, 0.15) is 12.0 Å². The van der Waals surface area contributed by atoms with Crippen molar-refractivity contribution < 1.29 is 13.2 Å². The van der Waals surface area contributed by atoms with Gasteiger partial charge in [-0.05, 0) is 38.2 Å². The SMILES string of the molecule is CN1CCCN(c2ccc(N)cc2C(F)(F)F)CC1. The summed E-state index contributed by atoms with van der Waals surface area (Å²) in [5.74, 6) is 0. The topological polar surface area (TPSA) is 32.5 Å². The Morgan fingerprint density at radius 2 is 1.84 bits per heavy atom. The van der Waals surface area contributed by atoms with Gasteiger partial charge in [0.2, 0.25) is 0 Å².